The van der Waals surface area contributed by atoms with E-state index in [2.05, 4.69) is 15.5 Å². The number of carbonyl (C=O) groups excluding carboxylic acids is 1. The van der Waals surface area contributed by atoms with Crippen molar-refractivity contribution in [3.8, 4) is 11.4 Å². The number of hydrogen-bond donors (Lipinski definition) is 1. The largest absolute Gasteiger partial charge is 0.339 e. The topological polar surface area (TPSA) is 105 Å². The summed E-state index contributed by atoms with van der Waals surface area (Å²) >= 11 is 6.22. The number of nitrogens with zero attached hydrogens (tertiary/aromatic N) is 3. The first-order valence-corrected chi connectivity index (χ1v) is 11.2. The summed E-state index contributed by atoms with van der Waals surface area (Å²) in [5.41, 5.74) is 1.09. The van der Waals surface area contributed by atoms with Crippen LogP contribution in [0.3, 0.4) is 0 Å². The maximum atomic E-state index is 13.0. The molecule has 0 bridgehead atoms. The molecule has 0 aliphatic carbocycles. The van der Waals surface area contributed by atoms with Gasteiger partial charge in [0.05, 0.1) is 21.2 Å². The first kappa shape index (κ1) is 20.5. The van der Waals surface area contributed by atoms with Crippen molar-refractivity contribution in [2.75, 3.05) is 18.4 Å². The summed E-state index contributed by atoms with van der Waals surface area (Å²) in [5.74, 6) is 0.194. The SMILES string of the molecule is Cc1nc(-c2ccccc2NC(=O)c2cc(S(=O)(=O)N3CCCC3)ccc2Cl)no1. The molecule has 1 aliphatic rings. The van der Waals surface area contributed by atoms with E-state index < -0.39 is 15.9 Å². The van der Waals surface area contributed by atoms with Crippen LogP contribution in [0.1, 0.15) is 29.1 Å². The smallest absolute Gasteiger partial charge is 0.257 e. The molecular formula is C20H19ClN4O4S. The lowest BCUT2D eigenvalue weighted by atomic mass is 10.1. The van der Waals surface area contributed by atoms with E-state index in [4.69, 9.17) is 16.1 Å². The molecule has 8 nitrogen and oxygen atoms in total. The average molecular weight is 447 g/mol. The lowest BCUT2D eigenvalue weighted by molar-refractivity contribution is 0.102. The van der Waals surface area contributed by atoms with Gasteiger partial charge >= 0.3 is 0 Å². The maximum absolute atomic E-state index is 13.0. The van der Waals surface area contributed by atoms with Crippen LogP contribution < -0.4 is 5.32 Å². The molecular weight excluding hydrogens is 428 g/mol. The van der Waals surface area contributed by atoms with Gasteiger partial charge < -0.3 is 9.84 Å². The molecule has 0 saturated carbocycles. The van der Waals surface area contributed by atoms with E-state index in [9.17, 15) is 13.2 Å². The molecule has 0 atom stereocenters. The Balaban J connectivity index is 1.65. The predicted octanol–water partition coefficient (Wildman–Crippen LogP) is 3.74. The summed E-state index contributed by atoms with van der Waals surface area (Å²) in [4.78, 5) is 17.2. The van der Waals surface area contributed by atoms with Crippen LogP contribution in [0.2, 0.25) is 5.02 Å². The summed E-state index contributed by atoms with van der Waals surface area (Å²) in [6.07, 6.45) is 1.65. The van der Waals surface area contributed by atoms with Gasteiger partial charge in [0.15, 0.2) is 0 Å². The number of anilines is 1. The molecule has 2 heterocycles. The van der Waals surface area contributed by atoms with E-state index in [1.54, 1.807) is 31.2 Å². The van der Waals surface area contributed by atoms with Crippen LogP contribution in [-0.2, 0) is 10.0 Å². The molecule has 3 aromatic rings. The summed E-state index contributed by atoms with van der Waals surface area (Å²) in [7, 11) is -3.67. The van der Waals surface area contributed by atoms with E-state index in [-0.39, 0.29) is 15.5 Å². The Morgan fingerprint density at radius 1 is 1.17 bits per heavy atom. The number of sulfonamides is 1. The number of benzene rings is 2. The molecule has 2 aromatic carbocycles. The van der Waals surface area contributed by atoms with E-state index >= 15 is 0 Å². The van der Waals surface area contributed by atoms with Crippen LogP contribution in [-0.4, -0.2) is 41.9 Å². The van der Waals surface area contributed by atoms with Gasteiger partial charge in [0, 0.05) is 25.6 Å². The number of aromatic nitrogens is 2. The fraction of sp³-hybridized carbons (Fsp3) is 0.250. The Bertz CT molecular complexity index is 1200. The zero-order valence-electron chi connectivity index (χ0n) is 16.1. The Morgan fingerprint density at radius 2 is 1.90 bits per heavy atom. The van der Waals surface area contributed by atoms with Crippen molar-refractivity contribution in [3.05, 3.63) is 58.9 Å². The van der Waals surface area contributed by atoms with Crippen LogP contribution >= 0.6 is 11.6 Å². The second kappa shape index (κ2) is 8.17. The normalized spacial score (nSPS) is 14.7. The van der Waals surface area contributed by atoms with Gasteiger partial charge in [0.25, 0.3) is 5.91 Å². The quantitative estimate of drug-likeness (QED) is 0.640. The lowest BCUT2D eigenvalue weighted by Crippen LogP contribution is -2.28. The number of hydrogen-bond acceptors (Lipinski definition) is 6. The molecule has 1 aromatic heterocycles. The molecule has 10 heteroatoms. The minimum atomic E-state index is -3.67. The number of amides is 1. The van der Waals surface area contributed by atoms with Crippen LogP contribution in [0.15, 0.2) is 51.9 Å². The standard InChI is InChI=1S/C20H19ClN4O4S/c1-13-22-19(24-29-13)15-6-2-3-7-18(15)23-20(26)16-12-14(8-9-17(16)21)30(27,28)25-10-4-5-11-25/h2-3,6-9,12H,4-5,10-11H2,1H3,(H,23,26). The van der Waals surface area contributed by atoms with Crippen LogP contribution in [0.5, 0.6) is 0 Å². The van der Waals surface area contributed by atoms with Gasteiger partial charge in [0.1, 0.15) is 0 Å². The van der Waals surface area contributed by atoms with Crippen LogP contribution in [0.25, 0.3) is 11.4 Å². The highest BCUT2D eigenvalue weighted by Gasteiger charge is 2.28. The van der Waals surface area contributed by atoms with Crippen molar-refractivity contribution in [1.82, 2.24) is 14.4 Å². The minimum absolute atomic E-state index is 0.0426. The number of nitrogens with one attached hydrogen (secondary N) is 1. The van der Waals surface area contributed by atoms with Gasteiger partial charge in [0.2, 0.25) is 21.7 Å². The zero-order valence-corrected chi connectivity index (χ0v) is 17.7. The Labute approximate surface area is 178 Å². The van der Waals surface area contributed by atoms with Gasteiger partial charge in [-0.1, -0.05) is 28.9 Å². The Kier molecular flexibility index (Phi) is 5.59. The second-order valence-electron chi connectivity index (χ2n) is 6.89. The van der Waals surface area contributed by atoms with E-state index in [0.717, 1.165) is 12.8 Å². The summed E-state index contributed by atoms with van der Waals surface area (Å²) in [6, 6.07) is 11.1. The van der Waals surface area contributed by atoms with Crippen LogP contribution in [0, 0.1) is 6.92 Å². The average Bonchev–Trinajstić information content (AvgIpc) is 3.41. The maximum Gasteiger partial charge on any atom is 0.257 e. The highest BCUT2D eigenvalue weighted by Crippen LogP contribution is 2.29. The minimum Gasteiger partial charge on any atom is -0.339 e. The fourth-order valence-electron chi connectivity index (χ4n) is 3.30. The van der Waals surface area contributed by atoms with Gasteiger partial charge in [-0.05, 0) is 43.2 Å². The van der Waals surface area contributed by atoms with Gasteiger partial charge in [-0.15, -0.1) is 0 Å². The molecule has 1 saturated heterocycles. The number of rotatable bonds is 5. The first-order valence-electron chi connectivity index (χ1n) is 9.37. The third-order valence-electron chi connectivity index (χ3n) is 4.83. The summed E-state index contributed by atoms with van der Waals surface area (Å²) in [5, 5.41) is 6.81. The van der Waals surface area contributed by atoms with Gasteiger partial charge in [-0.3, -0.25) is 4.79 Å². The van der Waals surface area contributed by atoms with E-state index in [1.165, 1.54) is 22.5 Å². The molecule has 156 valence electrons. The Hall–Kier alpha value is -2.75. The number of aryl methyl sites for hydroxylation is 1. The van der Waals surface area contributed by atoms with Crippen molar-refractivity contribution >= 4 is 33.2 Å². The number of halogens is 1. The van der Waals surface area contributed by atoms with E-state index in [1.807, 2.05) is 0 Å². The van der Waals surface area contributed by atoms with Crippen molar-refractivity contribution < 1.29 is 17.7 Å². The van der Waals surface area contributed by atoms with Crippen LogP contribution in [0.4, 0.5) is 5.69 Å². The molecule has 0 unspecified atom stereocenters. The predicted molar refractivity (Wildman–Crippen MR) is 112 cm³/mol. The first-order chi connectivity index (χ1) is 14.4. The third-order valence-corrected chi connectivity index (χ3v) is 7.05. The molecule has 1 amide bonds. The fourth-order valence-corrected chi connectivity index (χ4v) is 5.05. The molecule has 0 spiro atoms. The monoisotopic (exact) mass is 446 g/mol. The Morgan fingerprint density at radius 3 is 2.60 bits per heavy atom. The molecule has 30 heavy (non-hydrogen) atoms. The van der Waals surface area contributed by atoms with Crippen molar-refractivity contribution in [2.24, 2.45) is 0 Å². The lowest BCUT2D eigenvalue weighted by Gasteiger charge is -2.16. The van der Waals surface area contributed by atoms with Crippen molar-refractivity contribution in [1.29, 1.82) is 0 Å². The summed E-state index contributed by atoms with van der Waals surface area (Å²) < 4.78 is 32.1. The molecule has 1 fully saturated rings. The zero-order chi connectivity index (χ0) is 21.3. The van der Waals surface area contributed by atoms with Crippen molar-refractivity contribution in [2.45, 2.75) is 24.7 Å². The van der Waals surface area contributed by atoms with Gasteiger partial charge in [-0.2, -0.15) is 9.29 Å². The summed E-state index contributed by atoms with van der Waals surface area (Å²) in [6.45, 7) is 2.62. The second-order valence-corrected chi connectivity index (χ2v) is 9.23. The van der Waals surface area contributed by atoms with Crippen molar-refractivity contribution in [3.63, 3.8) is 0 Å². The molecule has 1 N–H and O–H groups in total. The number of carbonyl (C=O) groups is 1. The molecule has 1 aliphatic heterocycles. The highest BCUT2D eigenvalue weighted by atomic mass is 35.5. The third kappa shape index (κ3) is 3.96. The van der Waals surface area contributed by atoms with Gasteiger partial charge in [-0.25, -0.2) is 8.42 Å². The van der Waals surface area contributed by atoms with E-state index in [0.29, 0.717) is 36.1 Å². The molecule has 4 rings (SSSR count). The highest BCUT2D eigenvalue weighted by molar-refractivity contribution is 7.89. The number of para-hydroxylation sites is 1. The molecule has 0 radical (unpaired) electrons.